The Bertz CT molecular complexity index is 1450. The fourth-order valence-corrected chi connectivity index (χ4v) is 3.77. The number of hydrogen-bond donors (Lipinski definition) is 2. The Balaban J connectivity index is 1.55. The van der Waals surface area contributed by atoms with Gasteiger partial charge in [0, 0.05) is 35.8 Å². The number of benzene rings is 2. The van der Waals surface area contributed by atoms with E-state index in [1.165, 1.54) is 24.9 Å². The topological polar surface area (TPSA) is 106 Å². The largest absolute Gasteiger partial charge is 0.437 e. The summed E-state index contributed by atoms with van der Waals surface area (Å²) in [7, 11) is 0. The van der Waals surface area contributed by atoms with E-state index in [0.717, 1.165) is 34.4 Å². The van der Waals surface area contributed by atoms with Gasteiger partial charge in [0.25, 0.3) is 5.91 Å². The zero-order chi connectivity index (χ0) is 24.2. The molecule has 0 aliphatic heterocycles. The molecule has 3 heterocycles. The zero-order valence-electron chi connectivity index (χ0n) is 19.4. The molecule has 0 radical (unpaired) electrons. The van der Waals surface area contributed by atoms with Crippen LogP contribution in [0.4, 0.5) is 11.5 Å². The van der Waals surface area contributed by atoms with E-state index in [2.05, 4.69) is 44.4 Å². The molecular formula is C27H24N6O2. The summed E-state index contributed by atoms with van der Waals surface area (Å²) in [6, 6.07) is 17.5. The third-order valence-corrected chi connectivity index (χ3v) is 5.43. The average Bonchev–Trinajstić information content (AvgIpc) is 3.29. The predicted molar refractivity (Wildman–Crippen MR) is 136 cm³/mol. The Labute approximate surface area is 202 Å². The van der Waals surface area contributed by atoms with Crippen molar-refractivity contribution in [3.63, 3.8) is 0 Å². The van der Waals surface area contributed by atoms with Crippen molar-refractivity contribution in [1.29, 1.82) is 0 Å². The maximum Gasteiger partial charge on any atom is 0.275 e. The molecule has 0 fully saturated rings. The first-order chi connectivity index (χ1) is 17.1. The number of furan rings is 1. The number of carbonyl (C=O) groups is 1. The van der Waals surface area contributed by atoms with E-state index in [4.69, 9.17) is 4.42 Å². The highest BCUT2D eigenvalue weighted by Gasteiger charge is 2.22. The molecule has 35 heavy (non-hydrogen) atoms. The number of rotatable bonds is 7. The highest BCUT2D eigenvalue weighted by Crippen LogP contribution is 2.42. The SMILES string of the molecule is CC(C)CNc1ncnc2oc(-c3ccc(NC(=O)c4cnccn4)cc3)c(-c3ccccc3)c12. The van der Waals surface area contributed by atoms with Crippen molar-refractivity contribution in [3.05, 3.63) is 85.2 Å². The number of anilines is 2. The van der Waals surface area contributed by atoms with E-state index in [0.29, 0.717) is 23.1 Å². The highest BCUT2D eigenvalue weighted by molar-refractivity contribution is 6.06. The molecule has 8 heteroatoms. The molecule has 0 saturated carbocycles. The third-order valence-electron chi connectivity index (χ3n) is 5.43. The van der Waals surface area contributed by atoms with Gasteiger partial charge in [0.15, 0.2) is 0 Å². The van der Waals surface area contributed by atoms with Gasteiger partial charge in [-0.3, -0.25) is 9.78 Å². The maximum absolute atomic E-state index is 12.4. The normalized spacial score (nSPS) is 11.1. The van der Waals surface area contributed by atoms with E-state index >= 15 is 0 Å². The van der Waals surface area contributed by atoms with Crippen LogP contribution in [0.1, 0.15) is 24.3 Å². The van der Waals surface area contributed by atoms with Gasteiger partial charge in [0.2, 0.25) is 5.71 Å². The van der Waals surface area contributed by atoms with E-state index in [-0.39, 0.29) is 11.6 Å². The summed E-state index contributed by atoms with van der Waals surface area (Å²) in [6.45, 7) is 5.07. The molecule has 0 aliphatic rings. The smallest absolute Gasteiger partial charge is 0.275 e. The molecule has 0 saturated heterocycles. The molecule has 0 spiro atoms. The summed E-state index contributed by atoms with van der Waals surface area (Å²) in [6.07, 6.45) is 5.95. The molecule has 2 aromatic carbocycles. The van der Waals surface area contributed by atoms with Crippen LogP contribution in [0.5, 0.6) is 0 Å². The van der Waals surface area contributed by atoms with Crippen molar-refractivity contribution in [2.24, 2.45) is 5.92 Å². The van der Waals surface area contributed by atoms with Gasteiger partial charge < -0.3 is 15.1 Å². The third kappa shape index (κ3) is 4.72. The molecular weight excluding hydrogens is 440 g/mol. The van der Waals surface area contributed by atoms with Crippen LogP contribution in [-0.2, 0) is 0 Å². The van der Waals surface area contributed by atoms with Crippen molar-refractivity contribution in [1.82, 2.24) is 19.9 Å². The van der Waals surface area contributed by atoms with Gasteiger partial charge in [-0.2, -0.15) is 0 Å². The van der Waals surface area contributed by atoms with Crippen LogP contribution in [0.25, 0.3) is 33.6 Å². The van der Waals surface area contributed by atoms with Crippen molar-refractivity contribution in [2.75, 3.05) is 17.2 Å². The Morgan fingerprint density at radius 1 is 0.943 bits per heavy atom. The second-order valence-electron chi connectivity index (χ2n) is 8.47. The lowest BCUT2D eigenvalue weighted by Crippen LogP contribution is -2.13. The van der Waals surface area contributed by atoms with Crippen LogP contribution in [0.2, 0.25) is 0 Å². The molecule has 174 valence electrons. The van der Waals surface area contributed by atoms with Crippen molar-refractivity contribution in [2.45, 2.75) is 13.8 Å². The number of nitrogens with zero attached hydrogens (tertiary/aromatic N) is 4. The average molecular weight is 465 g/mol. The molecule has 3 aromatic heterocycles. The molecule has 0 aliphatic carbocycles. The molecule has 0 atom stereocenters. The Morgan fingerprint density at radius 3 is 2.46 bits per heavy atom. The minimum atomic E-state index is -0.323. The molecule has 2 N–H and O–H groups in total. The number of fused-ring (bicyclic) bond motifs is 1. The summed E-state index contributed by atoms with van der Waals surface area (Å²) in [5, 5.41) is 7.12. The second-order valence-corrected chi connectivity index (χ2v) is 8.47. The second kappa shape index (κ2) is 9.72. The van der Waals surface area contributed by atoms with Crippen LogP contribution in [-0.4, -0.2) is 32.4 Å². The Hall–Kier alpha value is -4.59. The lowest BCUT2D eigenvalue weighted by atomic mass is 9.99. The van der Waals surface area contributed by atoms with Gasteiger partial charge >= 0.3 is 0 Å². The van der Waals surface area contributed by atoms with Crippen LogP contribution in [0.15, 0.2) is 83.9 Å². The van der Waals surface area contributed by atoms with Crippen molar-refractivity contribution < 1.29 is 9.21 Å². The number of nitrogens with one attached hydrogen (secondary N) is 2. The summed E-state index contributed by atoms with van der Waals surface area (Å²) in [5.41, 5.74) is 4.18. The Kier molecular flexibility index (Phi) is 6.17. The van der Waals surface area contributed by atoms with E-state index in [1.54, 1.807) is 0 Å². The van der Waals surface area contributed by atoms with Crippen LogP contribution >= 0.6 is 0 Å². The van der Waals surface area contributed by atoms with E-state index < -0.39 is 0 Å². The number of carbonyl (C=O) groups excluding carboxylic acids is 1. The first-order valence-electron chi connectivity index (χ1n) is 11.3. The lowest BCUT2D eigenvalue weighted by Gasteiger charge is -2.10. The summed E-state index contributed by atoms with van der Waals surface area (Å²) >= 11 is 0. The quantitative estimate of drug-likeness (QED) is 0.320. The fraction of sp³-hybridized carbons (Fsp3) is 0.148. The summed E-state index contributed by atoms with van der Waals surface area (Å²) in [5.74, 6) is 1.56. The molecule has 0 unspecified atom stereocenters. The first-order valence-corrected chi connectivity index (χ1v) is 11.3. The van der Waals surface area contributed by atoms with Crippen molar-refractivity contribution >= 4 is 28.5 Å². The number of amides is 1. The molecule has 5 rings (SSSR count). The van der Waals surface area contributed by atoms with Gasteiger partial charge in [-0.25, -0.2) is 15.0 Å². The van der Waals surface area contributed by atoms with E-state index in [9.17, 15) is 4.79 Å². The minimum absolute atomic E-state index is 0.250. The molecule has 0 bridgehead atoms. The highest BCUT2D eigenvalue weighted by atomic mass is 16.3. The van der Waals surface area contributed by atoms with Gasteiger partial charge in [0.05, 0.1) is 11.6 Å². The molecule has 1 amide bonds. The van der Waals surface area contributed by atoms with Gasteiger partial charge in [-0.1, -0.05) is 44.2 Å². The van der Waals surface area contributed by atoms with Crippen LogP contribution < -0.4 is 10.6 Å². The number of aromatic nitrogens is 4. The first kappa shape index (κ1) is 22.2. The fourth-order valence-electron chi connectivity index (χ4n) is 3.77. The summed E-state index contributed by atoms with van der Waals surface area (Å²) in [4.78, 5) is 29.3. The monoisotopic (exact) mass is 464 g/mol. The van der Waals surface area contributed by atoms with Gasteiger partial charge in [0.1, 0.15) is 23.6 Å². The molecule has 5 aromatic rings. The predicted octanol–water partition coefficient (Wildman–Crippen LogP) is 5.67. The van der Waals surface area contributed by atoms with Crippen LogP contribution in [0.3, 0.4) is 0 Å². The zero-order valence-corrected chi connectivity index (χ0v) is 19.4. The lowest BCUT2D eigenvalue weighted by molar-refractivity contribution is 0.102. The van der Waals surface area contributed by atoms with Gasteiger partial charge in [-0.15, -0.1) is 0 Å². The van der Waals surface area contributed by atoms with Crippen molar-refractivity contribution in [3.8, 4) is 22.5 Å². The standard InChI is InChI=1S/C27H24N6O2/c1-17(2)14-30-25-23-22(18-6-4-3-5-7-18)24(35-27(23)32-16-31-25)19-8-10-20(11-9-19)33-26(34)21-15-28-12-13-29-21/h3-13,15-17H,14H2,1-2H3,(H,33,34)(H,30,31,32). The Morgan fingerprint density at radius 2 is 1.74 bits per heavy atom. The number of hydrogen-bond acceptors (Lipinski definition) is 7. The van der Waals surface area contributed by atoms with E-state index in [1.807, 2.05) is 54.6 Å². The molecule has 8 nitrogen and oxygen atoms in total. The van der Waals surface area contributed by atoms with Gasteiger partial charge in [-0.05, 0) is 35.7 Å². The minimum Gasteiger partial charge on any atom is -0.437 e. The summed E-state index contributed by atoms with van der Waals surface area (Å²) < 4.78 is 6.28. The van der Waals surface area contributed by atoms with Crippen LogP contribution in [0, 0.1) is 5.92 Å². The maximum atomic E-state index is 12.4.